The number of ether oxygens (including phenoxy) is 3. The molecule has 0 atom stereocenters. The molecule has 0 aliphatic rings. The van der Waals surface area contributed by atoms with Crippen molar-refractivity contribution < 1.29 is 35.8 Å². The Bertz CT molecular complexity index is 4500. The maximum absolute atomic E-state index is 14.3. The number of aromatic nitrogens is 10. The summed E-state index contributed by atoms with van der Waals surface area (Å²) < 4.78 is 80.7. The summed E-state index contributed by atoms with van der Waals surface area (Å²) in [5.41, 5.74) is 6.82. The number of rotatable bonds is 8. The number of carbonyl (C=O) groups is 1. The van der Waals surface area contributed by atoms with Crippen molar-refractivity contribution in [3.63, 3.8) is 0 Å². The molecule has 0 saturated carbocycles. The van der Waals surface area contributed by atoms with Crippen LogP contribution in [0.25, 0.3) is 88.2 Å². The molecular formula is C55H50N10O8S2. The van der Waals surface area contributed by atoms with Crippen LogP contribution >= 0.6 is 0 Å². The molecule has 0 aliphatic heterocycles. The zero-order chi connectivity index (χ0) is 52.9. The molecule has 0 unspecified atom stereocenters. The smallest absolute Gasteiger partial charge is 0.419 e. The summed E-state index contributed by atoms with van der Waals surface area (Å²) in [4.78, 5) is 26.0. The third kappa shape index (κ3) is 8.12. The number of aromatic amines is 1. The first-order valence-corrected chi connectivity index (χ1v) is 26.5. The van der Waals surface area contributed by atoms with Gasteiger partial charge in [-0.2, -0.15) is 10.2 Å². The molecule has 0 aliphatic carbocycles. The number of benzene rings is 4. The second kappa shape index (κ2) is 17.7. The summed E-state index contributed by atoms with van der Waals surface area (Å²) in [6.07, 6.45) is 9.52. The van der Waals surface area contributed by atoms with Crippen LogP contribution in [-0.4, -0.2) is 89.8 Å². The number of pyridine rings is 2. The number of nitrogens with zero attached hydrogens (tertiary/aromatic N) is 9. The highest BCUT2D eigenvalue weighted by Crippen LogP contribution is 2.41. The molecule has 20 heteroatoms. The van der Waals surface area contributed by atoms with Gasteiger partial charge in [-0.15, -0.1) is 0 Å². The van der Waals surface area contributed by atoms with E-state index in [-0.39, 0.29) is 15.4 Å². The summed E-state index contributed by atoms with van der Waals surface area (Å²) in [6, 6.07) is 28.1. The van der Waals surface area contributed by atoms with Gasteiger partial charge in [-0.25, -0.2) is 39.5 Å². The molecule has 8 heterocycles. The molecule has 0 saturated heterocycles. The van der Waals surface area contributed by atoms with Crippen molar-refractivity contribution in [1.82, 2.24) is 47.0 Å². The molecule has 0 radical (unpaired) electrons. The van der Waals surface area contributed by atoms with Gasteiger partial charge in [0.15, 0.2) is 11.3 Å². The predicted molar refractivity (Wildman–Crippen MR) is 288 cm³/mol. The minimum absolute atomic E-state index is 0.113. The first-order valence-electron chi connectivity index (χ1n) is 23.6. The van der Waals surface area contributed by atoms with Crippen LogP contribution in [0, 0.1) is 13.8 Å². The van der Waals surface area contributed by atoms with Crippen molar-refractivity contribution in [2.75, 3.05) is 14.2 Å². The van der Waals surface area contributed by atoms with Crippen LogP contribution in [0.5, 0.6) is 11.5 Å². The molecule has 0 amide bonds. The van der Waals surface area contributed by atoms with E-state index in [1.807, 2.05) is 51.4 Å². The number of nitrogens with one attached hydrogen (secondary N) is 1. The summed E-state index contributed by atoms with van der Waals surface area (Å²) in [5, 5.41) is 13.1. The lowest BCUT2D eigenvalue weighted by atomic mass is 10.1. The molecule has 4 aromatic carbocycles. The van der Waals surface area contributed by atoms with Crippen LogP contribution < -0.4 is 9.47 Å². The Morgan fingerprint density at radius 1 is 0.587 bits per heavy atom. The topological polar surface area (TPSA) is 205 Å². The van der Waals surface area contributed by atoms with Crippen LogP contribution in [0.15, 0.2) is 144 Å². The fraction of sp³-hybridized carbons (Fsp3) is 0.182. The molecule has 0 fully saturated rings. The van der Waals surface area contributed by atoms with Crippen LogP contribution in [0.1, 0.15) is 31.9 Å². The molecule has 0 bridgehead atoms. The fourth-order valence-corrected chi connectivity index (χ4v) is 12.5. The van der Waals surface area contributed by atoms with Crippen LogP contribution in [-0.2, 0) is 38.9 Å². The fourth-order valence-electron chi connectivity index (χ4n) is 9.51. The zero-order valence-corrected chi connectivity index (χ0v) is 43.9. The Morgan fingerprint density at radius 2 is 1.07 bits per heavy atom. The molecule has 8 aromatic heterocycles. The van der Waals surface area contributed by atoms with Gasteiger partial charge in [0, 0.05) is 87.8 Å². The molecule has 12 aromatic rings. The van der Waals surface area contributed by atoms with Gasteiger partial charge in [-0.05, 0) is 107 Å². The van der Waals surface area contributed by atoms with E-state index >= 15 is 0 Å². The van der Waals surface area contributed by atoms with Gasteiger partial charge in [0.1, 0.15) is 17.1 Å². The van der Waals surface area contributed by atoms with E-state index in [4.69, 9.17) is 14.2 Å². The van der Waals surface area contributed by atoms with E-state index in [9.17, 15) is 21.6 Å². The normalized spacial score (nSPS) is 12.3. The van der Waals surface area contributed by atoms with Crippen molar-refractivity contribution in [2.24, 2.45) is 14.1 Å². The highest BCUT2D eigenvalue weighted by atomic mass is 32.2. The molecule has 1 N–H and O–H groups in total. The quantitative estimate of drug-likeness (QED) is 0.151. The highest BCUT2D eigenvalue weighted by molar-refractivity contribution is 7.90. The molecule has 18 nitrogen and oxygen atoms in total. The van der Waals surface area contributed by atoms with E-state index in [2.05, 4.69) is 25.1 Å². The van der Waals surface area contributed by atoms with E-state index in [0.717, 1.165) is 49.4 Å². The van der Waals surface area contributed by atoms with Gasteiger partial charge in [-0.3, -0.25) is 13.9 Å². The molecule has 75 heavy (non-hydrogen) atoms. The summed E-state index contributed by atoms with van der Waals surface area (Å²) in [6.45, 7) is 9.19. The number of aryl methyl sites for hydroxylation is 4. The first kappa shape index (κ1) is 48.5. The van der Waals surface area contributed by atoms with Gasteiger partial charge in [0.05, 0.1) is 64.3 Å². The lowest BCUT2D eigenvalue weighted by Gasteiger charge is -2.19. The maximum atomic E-state index is 14.3. The van der Waals surface area contributed by atoms with Crippen molar-refractivity contribution in [3.8, 4) is 34.0 Å². The van der Waals surface area contributed by atoms with E-state index in [1.165, 1.54) is 12.5 Å². The van der Waals surface area contributed by atoms with Gasteiger partial charge >= 0.3 is 6.09 Å². The van der Waals surface area contributed by atoms with Gasteiger partial charge in [-0.1, -0.05) is 35.4 Å². The van der Waals surface area contributed by atoms with Gasteiger partial charge in [0.25, 0.3) is 20.0 Å². The number of carbonyl (C=O) groups excluding carboxylic acids is 1. The third-order valence-electron chi connectivity index (χ3n) is 13.1. The summed E-state index contributed by atoms with van der Waals surface area (Å²) in [7, 11) is -1.31. The van der Waals surface area contributed by atoms with E-state index in [1.54, 1.807) is 155 Å². The number of hydrogen-bond donors (Lipinski definition) is 1. The second-order valence-corrected chi connectivity index (χ2v) is 22.8. The van der Waals surface area contributed by atoms with E-state index in [0.29, 0.717) is 55.8 Å². The van der Waals surface area contributed by atoms with Crippen LogP contribution in [0.4, 0.5) is 4.79 Å². The lowest BCUT2D eigenvalue weighted by molar-refractivity contribution is 0.0544. The minimum Gasteiger partial charge on any atom is -0.497 e. The molecule has 12 rings (SSSR count). The Kier molecular flexibility index (Phi) is 11.5. The Balaban J connectivity index is 0.000000163. The Hall–Kier alpha value is -8.75. The third-order valence-corrected chi connectivity index (χ3v) is 16.6. The van der Waals surface area contributed by atoms with Crippen LogP contribution in [0.2, 0.25) is 0 Å². The minimum atomic E-state index is -4.14. The Morgan fingerprint density at radius 3 is 1.56 bits per heavy atom. The lowest BCUT2D eigenvalue weighted by Crippen LogP contribution is -2.26. The molecule has 380 valence electrons. The molecular weight excluding hydrogens is 993 g/mol. The largest absolute Gasteiger partial charge is 0.497 e. The average Bonchev–Trinajstić information content (AvgIpc) is 4.26. The number of fused-ring (bicyclic) bond motifs is 8. The van der Waals surface area contributed by atoms with Crippen molar-refractivity contribution in [2.45, 2.75) is 50.0 Å². The SMILES string of the molecule is COc1ccc2[nH]cc(-c3cc4c5c(cnc4n3S(=O)(=O)c3ccc(C)cc3)cnn5C)c2c1.COc1ccc2c(c1)c(-c1cc3c4c(cnc3n1S(=O)(=O)c1ccc(C)cc1)cnn4C)cn2C(=O)OC(C)(C)C. The predicted octanol–water partition coefficient (Wildman–Crippen LogP) is 10.5. The number of H-pyrrole nitrogens is 1. The second-order valence-electron chi connectivity index (χ2n) is 19.2. The van der Waals surface area contributed by atoms with Crippen LogP contribution in [0.3, 0.4) is 0 Å². The van der Waals surface area contributed by atoms with Gasteiger partial charge < -0.3 is 19.2 Å². The summed E-state index contributed by atoms with van der Waals surface area (Å²) in [5.74, 6) is 1.24. The number of methoxy groups -OCH3 is 2. The van der Waals surface area contributed by atoms with Gasteiger partial charge in [0.2, 0.25) is 0 Å². The maximum Gasteiger partial charge on any atom is 0.419 e. The zero-order valence-electron chi connectivity index (χ0n) is 42.3. The van der Waals surface area contributed by atoms with Crippen molar-refractivity contribution >= 4 is 91.8 Å². The van der Waals surface area contributed by atoms with Crippen molar-refractivity contribution in [1.29, 1.82) is 0 Å². The standard InChI is InChI=1S/C30H29N5O5S.C25H21N5O3S/c1-18-7-10-21(11-8-18)41(37,38)35-26(14-23-27-19(15-31-28(23)35)16-32-33(27)5)24-17-34(29(36)40-30(2,3)4)25-12-9-20(39-6)13-22(24)25;1-15-4-7-18(8-5-15)34(31,32)30-23(21-14-26-22-9-6-17(33-3)10-19(21)22)11-20-24-16(12-27-25(20)30)13-28-29(24)2/h7-17H,1-6H3;4-14,26H,1-3H3. The molecule has 0 spiro atoms. The number of hydrogen-bond acceptors (Lipinski definition) is 12. The average molecular weight is 1040 g/mol. The van der Waals surface area contributed by atoms with E-state index < -0.39 is 31.7 Å². The van der Waals surface area contributed by atoms with Crippen molar-refractivity contribution in [3.05, 3.63) is 145 Å². The Labute approximate surface area is 430 Å². The monoisotopic (exact) mass is 1040 g/mol. The first-order chi connectivity index (χ1) is 35.8. The summed E-state index contributed by atoms with van der Waals surface area (Å²) >= 11 is 0. The highest BCUT2D eigenvalue weighted by Gasteiger charge is 2.31.